The molecule has 0 aromatic heterocycles. The zero-order chi connectivity index (χ0) is 16.8. The topological polar surface area (TPSA) is 70.6 Å². The summed E-state index contributed by atoms with van der Waals surface area (Å²) in [6, 6.07) is 17.2. The number of aliphatic hydroxyl groups is 1. The summed E-state index contributed by atoms with van der Waals surface area (Å²) in [6.45, 7) is 1.27. The maximum Gasteiger partial charge on any atom is 0.319 e. The van der Waals surface area contributed by atoms with E-state index in [4.69, 9.17) is 4.74 Å². The van der Waals surface area contributed by atoms with Gasteiger partial charge in [-0.05, 0) is 11.6 Å². The summed E-state index contributed by atoms with van der Waals surface area (Å²) >= 11 is 0. The SMILES string of the molecule is O=C(NCC1(O)CCOCC1)Nc1ccccc1-c1ccccc1. The number of rotatable bonds is 4. The Labute approximate surface area is 141 Å². The Bertz CT molecular complexity index is 682. The fourth-order valence-electron chi connectivity index (χ4n) is 2.80. The van der Waals surface area contributed by atoms with Crippen LogP contribution in [0.5, 0.6) is 0 Å². The van der Waals surface area contributed by atoms with Gasteiger partial charge in [-0.15, -0.1) is 0 Å². The smallest absolute Gasteiger partial charge is 0.319 e. The van der Waals surface area contributed by atoms with Crippen molar-refractivity contribution in [2.75, 3.05) is 25.1 Å². The van der Waals surface area contributed by atoms with E-state index in [1.54, 1.807) is 0 Å². The first-order valence-electron chi connectivity index (χ1n) is 8.16. The van der Waals surface area contributed by atoms with Gasteiger partial charge in [-0.1, -0.05) is 48.5 Å². The van der Waals surface area contributed by atoms with Crippen molar-refractivity contribution in [3.05, 3.63) is 54.6 Å². The molecule has 2 aromatic rings. The van der Waals surface area contributed by atoms with Gasteiger partial charge < -0.3 is 20.5 Å². The number of nitrogens with one attached hydrogen (secondary N) is 2. The number of anilines is 1. The Morgan fingerprint density at radius 3 is 2.46 bits per heavy atom. The average molecular weight is 326 g/mol. The number of amides is 2. The van der Waals surface area contributed by atoms with Crippen LogP contribution in [-0.2, 0) is 4.74 Å². The molecule has 0 bridgehead atoms. The van der Waals surface area contributed by atoms with Gasteiger partial charge in [0.15, 0.2) is 0 Å². The molecule has 1 heterocycles. The highest BCUT2D eigenvalue weighted by Gasteiger charge is 2.30. The molecule has 3 rings (SSSR count). The Kier molecular flexibility index (Phi) is 5.13. The molecular formula is C19H22N2O3. The number of carbonyl (C=O) groups is 1. The summed E-state index contributed by atoms with van der Waals surface area (Å²) in [4.78, 5) is 12.2. The number of hydrogen-bond acceptors (Lipinski definition) is 3. The third-order valence-corrected chi connectivity index (χ3v) is 4.26. The van der Waals surface area contributed by atoms with Crippen molar-refractivity contribution in [2.45, 2.75) is 18.4 Å². The summed E-state index contributed by atoms with van der Waals surface area (Å²) in [6.07, 6.45) is 1.07. The predicted molar refractivity (Wildman–Crippen MR) is 93.9 cm³/mol. The fraction of sp³-hybridized carbons (Fsp3) is 0.316. The Hall–Kier alpha value is -2.37. The normalized spacial score (nSPS) is 16.4. The van der Waals surface area contributed by atoms with Gasteiger partial charge in [0.05, 0.1) is 11.3 Å². The standard InChI is InChI=1S/C19H22N2O3/c22-18(20-14-19(23)10-12-24-13-11-19)21-17-9-5-4-8-16(17)15-6-2-1-3-7-15/h1-9,23H,10-14H2,(H2,20,21,22). The number of benzene rings is 2. The van der Waals surface area contributed by atoms with Gasteiger partial charge >= 0.3 is 6.03 Å². The van der Waals surface area contributed by atoms with Crippen LogP contribution in [0.25, 0.3) is 11.1 Å². The van der Waals surface area contributed by atoms with Gasteiger partial charge in [0.2, 0.25) is 0 Å². The lowest BCUT2D eigenvalue weighted by atomic mass is 9.94. The molecule has 1 fully saturated rings. The molecule has 3 N–H and O–H groups in total. The van der Waals surface area contributed by atoms with Crippen LogP contribution in [0.1, 0.15) is 12.8 Å². The van der Waals surface area contributed by atoms with E-state index in [1.165, 1.54) is 0 Å². The Balaban J connectivity index is 1.65. The van der Waals surface area contributed by atoms with Crippen molar-refractivity contribution in [2.24, 2.45) is 0 Å². The third kappa shape index (κ3) is 4.13. The maximum absolute atomic E-state index is 12.2. The van der Waals surface area contributed by atoms with Crippen LogP contribution in [-0.4, -0.2) is 36.5 Å². The van der Waals surface area contributed by atoms with Crippen molar-refractivity contribution in [3.63, 3.8) is 0 Å². The number of ether oxygens (including phenoxy) is 1. The minimum atomic E-state index is -0.880. The van der Waals surface area contributed by atoms with Crippen LogP contribution in [0, 0.1) is 0 Å². The Morgan fingerprint density at radius 2 is 1.71 bits per heavy atom. The number of carbonyl (C=O) groups excluding carboxylic acids is 1. The van der Waals surface area contributed by atoms with Gasteiger partial charge in [0, 0.05) is 38.2 Å². The van der Waals surface area contributed by atoms with Crippen molar-refractivity contribution in [3.8, 4) is 11.1 Å². The van der Waals surface area contributed by atoms with Crippen LogP contribution in [0.2, 0.25) is 0 Å². The van der Waals surface area contributed by atoms with E-state index in [-0.39, 0.29) is 12.6 Å². The number of urea groups is 1. The summed E-state index contributed by atoms with van der Waals surface area (Å²) in [7, 11) is 0. The molecule has 2 amide bonds. The molecule has 0 saturated carbocycles. The highest BCUT2D eigenvalue weighted by molar-refractivity contribution is 5.94. The molecule has 126 valence electrons. The van der Waals surface area contributed by atoms with E-state index in [0.29, 0.717) is 26.1 Å². The van der Waals surface area contributed by atoms with E-state index in [2.05, 4.69) is 10.6 Å². The van der Waals surface area contributed by atoms with E-state index < -0.39 is 5.60 Å². The maximum atomic E-state index is 12.2. The van der Waals surface area contributed by atoms with Crippen molar-refractivity contribution in [1.82, 2.24) is 5.32 Å². The lowest BCUT2D eigenvalue weighted by molar-refractivity contribution is -0.0598. The second-order valence-electron chi connectivity index (χ2n) is 6.06. The van der Waals surface area contributed by atoms with Crippen LogP contribution in [0.3, 0.4) is 0 Å². The molecule has 0 aliphatic carbocycles. The highest BCUT2D eigenvalue weighted by atomic mass is 16.5. The van der Waals surface area contributed by atoms with Gasteiger partial charge in [0.25, 0.3) is 0 Å². The quantitative estimate of drug-likeness (QED) is 0.809. The first-order chi connectivity index (χ1) is 11.7. The molecule has 24 heavy (non-hydrogen) atoms. The van der Waals surface area contributed by atoms with Crippen LogP contribution >= 0.6 is 0 Å². The molecule has 1 saturated heterocycles. The largest absolute Gasteiger partial charge is 0.388 e. The van der Waals surface area contributed by atoms with Crippen molar-refractivity contribution >= 4 is 11.7 Å². The van der Waals surface area contributed by atoms with Gasteiger partial charge in [0.1, 0.15) is 0 Å². The zero-order valence-electron chi connectivity index (χ0n) is 13.5. The van der Waals surface area contributed by atoms with Crippen LogP contribution < -0.4 is 10.6 Å². The first-order valence-corrected chi connectivity index (χ1v) is 8.16. The number of para-hydroxylation sites is 1. The van der Waals surface area contributed by atoms with E-state index in [1.807, 2.05) is 54.6 Å². The van der Waals surface area contributed by atoms with Crippen LogP contribution in [0.15, 0.2) is 54.6 Å². The van der Waals surface area contributed by atoms with E-state index in [9.17, 15) is 9.90 Å². The van der Waals surface area contributed by atoms with Gasteiger partial charge in [-0.3, -0.25) is 0 Å². The van der Waals surface area contributed by atoms with E-state index >= 15 is 0 Å². The average Bonchev–Trinajstić information content (AvgIpc) is 2.62. The fourth-order valence-corrected chi connectivity index (χ4v) is 2.80. The molecule has 0 atom stereocenters. The van der Waals surface area contributed by atoms with Crippen molar-refractivity contribution in [1.29, 1.82) is 0 Å². The number of hydrogen-bond donors (Lipinski definition) is 3. The first kappa shape index (κ1) is 16.5. The highest BCUT2D eigenvalue weighted by Crippen LogP contribution is 2.27. The summed E-state index contributed by atoms with van der Waals surface area (Å²) in [5, 5.41) is 16.0. The van der Waals surface area contributed by atoms with Gasteiger partial charge in [-0.25, -0.2) is 4.79 Å². The minimum absolute atomic E-state index is 0.218. The molecule has 2 aromatic carbocycles. The van der Waals surface area contributed by atoms with Crippen molar-refractivity contribution < 1.29 is 14.6 Å². The van der Waals surface area contributed by atoms with Gasteiger partial charge in [-0.2, -0.15) is 0 Å². The molecule has 1 aliphatic heterocycles. The lowest BCUT2D eigenvalue weighted by Crippen LogP contribution is -2.47. The van der Waals surface area contributed by atoms with E-state index in [0.717, 1.165) is 16.8 Å². The lowest BCUT2D eigenvalue weighted by Gasteiger charge is -2.32. The predicted octanol–water partition coefficient (Wildman–Crippen LogP) is 3.02. The molecule has 0 spiro atoms. The summed E-state index contributed by atoms with van der Waals surface area (Å²) in [5.74, 6) is 0. The molecular weight excluding hydrogens is 304 g/mol. The zero-order valence-corrected chi connectivity index (χ0v) is 13.5. The second-order valence-corrected chi connectivity index (χ2v) is 6.06. The Morgan fingerprint density at radius 1 is 1.04 bits per heavy atom. The third-order valence-electron chi connectivity index (χ3n) is 4.26. The molecule has 5 heteroatoms. The summed E-state index contributed by atoms with van der Waals surface area (Å²) in [5.41, 5.74) is 1.85. The molecule has 1 aliphatic rings. The second kappa shape index (κ2) is 7.47. The molecule has 5 nitrogen and oxygen atoms in total. The summed E-state index contributed by atoms with van der Waals surface area (Å²) < 4.78 is 5.24. The molecule has 0 unspecified atom stereocenters. The minimum Gasteiger partial charge on any atom is -0.388 e. The molecule has 0 radical (unpaired) electrons. The van der Waals surface area contributed by atoms with Crippen LogP contribution in [0.4, 0.5) is 10.5 Å². The monoisotopic (exact) mass is 326 g/mol.